The highest BCUT2D eigenvalue weighted by molar-refractivity contribution is 4.89. The summed E-state index contributed by atoms with van der Waals surface area (Å²) in [5.74, 6) is 0.858. The van der Waals surface area contributed by atoms with E-state index in [9.17, 15) is 5.11 Å². The summed E-state index contributed by atoms with van der Waals surface area (Å²) in [5, 5.41) is 13.6. The van der Waals surface area contributed by atoms with E-state index in [1.165, 1.54) is 25.7 Å². The van der Waals surface area contributed by atoms with E-state index in [0.717, 1.165) is 38.7 Å². The van der Waals surface area contributed by atoms with Crippen molar-refractivity contribution in [1.82, 2.24) is 10.2 Å². The number of aliphatic hydroxyl groups is 1. The molecule has 0 atom stereocenters. The van der Waals surface area contributed by atoms with Crippen molar-refractivity contribution < 1.29 is 9.84 Å². The van der Waals surface area contributed by atoms with Crippen molar-refractivity contribution in [3.63, 3.8) is 0 Å². The van der Waals surface area contributed by atoms with Gasteiger partial charge in [-0.1, -0.05) is 19.8 Å². The molecule has 2 N–H and O–H groups in total. The monoisotopic (exact) mass is 300 g/mol. The molecule has 4 heteroatoms. The average molecular weight is 300 g/mol. The Morgan fingerprint density at radius 1 is 1.33 bits per heavy atom. The molecule has 0 aromatic carbocycles. The molecule has 1 fully saturated rings. The topological polar surface area (TPSA) is 44.7 Å². The molecule has 0 radical (unpaired) electrons. The third kappa shape index (κ3) is 7.59. The summed E-state index contributed by atoms with van der Waals surface area (Å²) in [4.78, 5) is 2.30. The lowest BCUT2D eigenvalue weighted by molar-refractivity contribution is 0.0196. The first-order chi connectivity index (χ1) is 9.76. The van der Waals surface area contributed by atoms with Gasteiger partial charge in [0.25, 0.3) is 0 Å². The van der Waals surface area contributed by atoms with Crippen LogP contribution in [0.25, 0.3) is 0 Å². The third-order valence-electron chi connectivity index (χ3n) is 4.58. The van der Waals surface area contributed by atoms with E-state index >= 15 is 0 Å². The molecule has 0 bridgehead atoms. The molecule has 1 saturated carbocycles. The number of hydrogen-bond donors (Lipinski definition) is 2. The van der Waals surface area contributed by atoms with Gasteiger partial charge in [0.1, 0.15) is 0 Å². The zero-order valence-electron chi connectivity index (χ0n) is 14.7. The van der Waals surface area contributed by atoms with Gasteiger partial charge in [0.2, 0.25) is 0 Å². The summed E-state index contributed by atoms with van der Waals surface area (Å²) in [6.45, 7) is 10.7. The Labute approximate surface area is 131 Å². The highest BCUT2D eigenvalue weighted by atomic mass is 16.5. The van der Waals surface area contributed by atoms with Crippen molar-refractivity contribution in [3.05, 3.63) is 0 Å². The molecule has 1 aliphatic rings. The van der Waals surface area contributed by atoms with Crippen LogP contribution in [0.4, 0.5) is 0 Å². The molecule has 126 valence electrons. The largest absolute Gasteiger partial charge is 0.389 e. The molecular weight excluding hydrogens is 264 g/mol. The van der Waals surface area contributed by atoms with Gasteiger partial charge in [0.05, 0.1) is 12.2 Å². The van der Waals surface area contributed by atoms with Crippen LogP contribution in [-0.4, -0.2) is 62.6 Å². The molecule has 1 rings (SSSR count). The lowest BCUT2D eigenvalue weighted by Gasteiger charge is -2.43. The number of likely N-dealkylation sites (N-methyl/N-ethyl adjacent to an activating group) is 1. The van der Waals surface area contributed by atoms with Crippen LogP contribution < -0.4 is 5.32 Å². The van der Waals surface area contributed by atoms with E-state index in [1.54, 1.807) is 7.11 Å². The highest BCUT2D eigenvalue weighted by Gasteiger charge is 2.35. The maximum absolute atomic E-state index is 10.0. The molecule has 0 aromatic rings. The van der Waals surface area contributed by atoms with E-state index in [2.05, 4.69) is 24.2 Å². The van der Waals surface area contributed by atoms with Gasteiger partial charge < -0.3 is 20.1 Å². The van der Waals surface area contributed by atoms with Crippen LogP contribution in [0, 0.1) is 11.3 Å². The number of nitrogens with one attached hydrogen (secondary N) is 1. The minimum atomic E-state index is -0.624. The van der Waals surface area contributed by atoms with Gasteiger partial charge in [-0.15, -0.1) is 0 Å². The molecule has 0 aliphatic heterocycles. The minimum Gasteiger partial charge on any atom is -0.389 e. The quantitative estimate of drug-likeness (QED) is 0.640. The van der Waals surface area contributed by atoms with Gasteiger partial charge >= 0.3 is 0 Å². The SMILES string of the molecule is COCCNCC1(CN(C)CC(C)(C)O)CCC(C)CC1. The van der Waals surface area contributed by atoms with E-state index in [1.807, 2.05) is 13.8 Å². The predicted molar refractivity (Wildman–Crippen MR) is 88.6 cm³/mol. The fraction of sp³-hybridized carbons (Fsp3) is 1.00. The molecule has 0 heterocycles. The lowest BCUT2D eigenvalue weighted by Crippen LogP contribution is -2.48. The Kier molecular flexibility index (Phi) is 7.62. The second kappa shape index (κ2) is 8.47. The summed E-state index contributed by atoms with van der Waals surface area (Å²) in [5.41, 5.74) is -0.276. The molecule has 0 spiro atoms. The maximum Gasteiger partial charge on any atom is 0.0718 e. The number of hydrogen-bond acceptors (Lipinski definition) is 4. The van der Waals surface area contributed by atoms with Gasteiger partial charge in [-0.25, -0.2) is 0 Å². The van der Waals surface area contributed by atoms with Crippen molar-refractivity contribution in [1.29, 1.82) is 0 Å². The van der Waals surface area contributed by atoms with Crippen LogP contribution in [0.5, 0.6) is 0 Å². The zero-order chi connectivity index (χ0) is 15.9. The summed E-state index contributed by atoms with van der Waals surface area (Å²) >= 11 is 0. The number of nitrogens with zero attached hydrogens (tertiary/aromatic N) is 1. The maximum atomic E-state index is 10.0. The lowest BCUT2D eigenvalue weighted by atomic mass is 9.70. The normalized spacial score (nSPS) is 27.3. The summed E-state index contributed by atoms with van der Waals surface area (Å²) in [7, 11) is 3.88. The first kappa shape index (κ1) is 18.9. The highest BCUT2D eigenvalue weighted by Crippen LogP contribution is 2.39. The third-order valence-corrected chi connectivity index (χ3v) is 4.58. The van der Waals surface area contributed by atoms with Crippen molar-refractivity contribution in [3.8, 4) is 0 Å². The standard InChI is InChI=1S/C17H36N2O2/c1-15-6-8-17(9-7-15,12-18-10-11-21-5)14-19(4)13-16(2,3)20/h15,18,20H,6-14H2,1-5H3. The molecular formula is C17H36N2O2. The second-order valence-corrected chi connectivity index (χ2v) is 7.84. The Morgan fingerprint density at radius 2 is 1.95 bits per heavy atom. The molecule has 0 amide bonds. The van der Waals surface area contributed by atoms with E-state index < -0.39 is 5.60 Å². The molecule has 21 heavy (non-hydrogen) atoms. The molecule has 0 aromatic heterocycles. The Balaban J connectivity index is 2.55. The summed E-state index contributed by atoms with van der Waals surface area (Å²) in [6, 6.07) is 0. The van der Waals surface area contributed by atoms with Gasteiger partial charge in [0, 0.05) is 33.3 Å². The van der Waals surface area contributed by atoms with Crippen molar-refractivity contribution in [2.24, 2.45) is 11.3 Å². The van der Waals surface area contributed by atoms with Crippen LogP contribution in [0.3, 0.4) is 0 Å². The van der Waals surface area contributed by atoms with Crippen LogP contribution in [0.1, 0.15) is 46.5 Å². The van der Waals surface area contributed by atoms with Crippen molar-refractivity contribution >= 4 is 0 Å². The van der Waals surface area contributed by atoms with Gasteiger partial charge in [-0.3, -0.25) is 0 Å². The van der Waals surface area contributed by atoms with Crippen molar-refractivity contribution in [2.75, 3.05) is 46.9 Å². The van der Waals surface area contributed by atoms with Gasteiger partial charge in [-0.05, 0) is 45.1 Å². The van der Waals surface area contributed by atoms with Crippen LogP contribution in [0.15, 0.2) is 0 Å². The van der Waals surface area contributed by atoms with Gasteiger partial charge in [-0.2, -0.15) is 0 Å². The van der Waals surface area contributed by atoms with Crippen LogP contribution >= 0.6 is 0 Å². The smallest absolute Gasteiger partial charge is 0.0718 e. The molecule has 4 nitrogen and oxygen atoms in total. The average Bonchev–Trinajstić information content (AvgIpc) is 2.36. The van der Waals surface area contributed by atoms with Crippen LogP contribution in [-0.2, 0) is 4.74 Å². The summed E-state index contributed by atoms with van der Waals surface area (Å²) < 4.78 is 5.12. The van der Waals surface area contributed by atoms with Crippen molar-refractivity contribution in [2.45, 2.75) is 52.1 Å². The summed E-state index contributed by atoms with van der Waals surface area (Å²) in [6.07, 6.45) is 5.21. The zero-order valence-corrected chi connectivity index (χ0v) is 14.7. The molecule has 1 aliphatic carbocycles. The fourth-order valence-electron chi connectivity index (χ4n) is 3.58. The fourth-order valence-corrected chi connectivity index (χ4v) is 3.58. The van der Waals surface area contributed by atoms with E-state index in [4.69, 9.17) is 4.74 Å². The predicted octanol–water partition coefficient (Wildman–Crippen LogP) is 2.12. The number of ether oxygens (including phenoxy) is 1. The number of methoxy groups -OCH3 is 1. The van der Waals surface area contributed by atoms with E-state index in [-0.39, 0.29) is 0 Å². The second-order valence-electron chi connectivity index (χ2n) is 7.84. The van der Waals surface area contributed by atoms with Gasteiger partial charge in [0.15, 0.2) is 0 Å². The van der Waals surface area contributed by atoms with E-state index in [0.29, 0.717) is 5.41 Å². The first-order valence-corrected chi connectivity index (χ1v) is 8.37. The Hall–Kier alpha value is -0.160. The Morgan fingerprint density at radius 3 is 2.48 bits per heavy atom. The molecule has 0 unspecified atom stereocenters. The Bertz CT molecular complexity index is 281. The van der Waals surface area contributed by atoms with Crippen LogP contribution in [0.2, 0.25) is 0 Å². The number of rotatable bonds is 9. The molecule has 0 saturated heterocycles. The minimum absolute atomic E-state index is 0.347. The first-order valence-electron chi connectivity index (χ1n) is 8.37.